The third-order valence-corrected chi connectivity index (χ3v) is 3.48. The first-order valence-electron chi connectivity index (χ1n) is 5.65. The third-order valence-electron chi connectivity index (χ3n) is 2.99. The maximum atomic E-state index is 13.4. The lowest BCUT2D eigenvalue weighted by Gasteiger charge is -2.25. The van der Waals surface area contributed by atoms with Crippen molar-refractivity contribution in [3.63, 3.8) is 0 Å². The van der Waals surface area contributed by atoms with Gasteiger partial charge < -0.3 is 5.11 Å². The minimum Gasteiger partial charge on any atom is -0.381 e. The Kier molecular flexibility index (Phi) is 3.55. The van der Waals surface area contributed by atoms with Crippen molar-refractivity contribution in [3.05, 3.63) is 69.4 Å². The van der Waals surface area contributed by atoms with Crippen LogP contribution >= 0.6 is 15.9 Å². The van der Waals surface area contributed by atoms with Gasteiger partial charge in [-0.1, -0.05) is 34.1 Å². The van der Waals surface area contributed by atoms with Gasteiger partial charge >= 0.3 is 0 Å². The Labute approximate surface area is 114 Å². The number of benzene rings is 2. The van der Waals surface area contributed by atoms with E-state index in [0.29, 0.717) is 5.56 Å². The topological polar surface area (TPSA) is 20.2 Å². The number of hydrogen-bond donors (Lipinski definition) is 1. The van der Waals surface area contributed by atoms with Crippen molar-refractivity contribution >= 4 is 15.9 Å². The standard InChI is InChI=1S/C15H14BrFO/c1-10-6-12(9-14(17)7-10)15(2,18)11-4-3-5-13(16)8-11/h3-9,18H,1-2H3. The quantitative estimate of drug-likeness (QED) is 0.883. The minimum atomic E-state index is -1.21. The van der Waals surface area contributed by atoms with Crippen LogP contribution in [0.5, 0.6) is 0 Å². The molecule has 1 N–H and O–H groups in total. The monoisotopic (exact) mass is 308 g/mol. The van der Waals surface area contributed by atoms with Crippen LogP contribution in [-0.2, 0) is 5.60 Å². The molecule has 1 nitrogen and oxygen atoms in total. The summed E-state index contributed by atoms with van der Waals surface area (Å²) in [7, 11) is 0. The predicted octanol–water partition coefficient (Wildman–Crippen LogP) is 4.15. The molecule has 2 rings (SSSR count). The molecule has 0 aliphatic heterocycles. The lowest BCUT2D eigenvalue weighted by molar-refractivity contribution is 0.102. The van der Waals surface area contributed by atoms with Gasteiger partial charge in [-0.2, -0.15) is 0 Å². The van der Waals surface area contributed by atoms with Crippen LogP contribution in [0.3, 0.4) is 0 Å². The Morgan fingerprint density at radius 1 is 1.11 bits per heavy atom. The Morgan fingerprint density at radius 2 is 1.83 bits per heavy atom. The first-order chi connectivity index (χ1) is 8.39. The number of halogens is 2. The Balaban J connectivity index is 2.53. The van der Waals surface area contributed by atoms with Crippen molar-refractivity contribution in [1.29, 1.82) is 0 Å². The molecular weight excluding hydrogens is 295 g/mol. The molecule has 0 saturated carbocycles. The van der Waals surface area contributed by atoms with Crippen LogP contribution in [-0.4, -0.2) is 5.11 Å². The Hall–Kier alpha value is -1.19. The maximum Gasteiger partial charge on any atom is 0.123 e. The Morgan fingerprint density at radius 3 is 2.44 bits per heavy atom. The van der Waals surface area contributed by atoms with Crippen molar-refractivity contribution < 1.29 is 9.50 Å². The molecule has 0 aliphatic carbocycles. The molecule has 0 spiro atoms. The largest absolute Gasteiger partial charge is 0.381 e. The minimum absolute atomic E-state index is 0.333. The second-order valence-electron chi connectivity index (χ2n) is 4.60. The van der Waals surface area contributed by atoms with Gasteiger partial charge in [-0.25, -0.2) is 4.39 Å². The fraction of sp³-hybridized carbons (Fsp3) is 0.200. The van der Waals surface area contributed by atoms with E-state index in [4.69, 9.17) is 0 Å². The van der Waals surface area contributed by atoms with Crippen LogP contribution < -0.4 is 0 Å². The molecule has 2 aromatic carbocycles. The predicted molar refractivity (Wildman–Crippen MR) is 74.0 cm³/mol. The maximum absolute atomic E-state index is 13.4. The molecule has 18 heavy (non-hydrogen) atoms. The molecule has 2 aromatic rings. The molecule has 0 amide bonds. The molecular formula is C15H14BrFO. The van der Waals surface area contributed by atoms with E-state index in [1.54, 1.807) is 13.0 Å². The van der Waals surface area contributed by atoms with E-state index in [9.17, 15) is 9.50 Å². The number of aryl methyl sites for hydroxylation is 1. The van der Waals surface area contributed by atoms with Gasteiger partial charge in [-0.15, -0.1) is 0 Å². The van der Waals surface area contributed by atoms with Crippen molar-refractivity contribution in [2.75, 3.05) is 0 Å². The van der Waals surface area contributed by atoms with E-state index in [2.05, 4.69) is 15.9 Å². The van der Waals surface area contributed by atoms with Crippen LogP contribution in [0.25, 0.3) is 0 Å². The van der Waals surface area contributed by atoms with E-state index < -0.39 is 5.60 Å². The second kappa shape index (κ2) is 4.82. The average Bonchev–Trinajstić information content (AvgIpc) is 2.27. The van der Waals surface area contributed by atoms with E-state index in [0.717, 1.165) is 15.6 Å². The lowest BCUT2D eigenvalue weighted by atomic mass is 9.87. The van der Waals surface area contributed by atoms with Crippen molar-refractivity contribution in [1.82, 2.24) is 0 Å². The van der Waals surface area contributed by atoms with Crippen LogP contribution in [0, 0.1) is 12.7 Å². The molecule has 0 aliphatic rings. The van der Waals surface area contributed by atoms with Gasteiger partial charge in [0.15, 0.2) is 0 Å². The average molecular weight is 309 g/mol. The summed E-state index contributed by atoms with van der Waals surface area (Å²) in [5.41, 5.74) is 0.858. The molecule has 1 unspecified atom stereocenters. The molecule has 0 aromatic heterocycles. The van der Waals surface area contributed by atoms with Crippen molar-refractivity contribution in [3.8, 4) is 0 Å². The van der Waals surface area contributed by atoms with Crippen LogP contribution in [0.1, 0.15) is 23.6 Å². The molecule has 94 valence electrons. The molecule has 1 atom stereocenters. The molecule has 0 bridgehead atoms. The molecule has 0 radical (unpaired) electrons. The highest BCUT2D eigenvalue weighted by Gasteiger charge is 2.26. The number of rotatable bonds is 2. The SMILES string of the molecule is Cc1cc(F)cc(C(C)(O)c2cccc(Br)c2)c1. The smallest absolute Gasteiger partial charge is 0.123 e. The van der Waals surface area contributed by atoms with Gasteiger partial charge in [0.2, 0.25) is 0 Å². The summed E-state index contributed by atoms with van der Waals surface area (Å²) in [6, 6.07) is 12.0. The van der Waals surface area contributed by atoms with Crippen LogP contribution in [0.15, 0.2) is 46.9 Å². The van der Waals surface area contributed by atoms with E-state index in [1.165, 1.54) is 12.1 Å². The molecule has 0 heterocycles. The van der Waals surface area contributed by atoms with E-state index >= 15 is 0 Å². The Bertz CT molecular complexity index is 558. The summed E-state index contributed by atoms with van der Waals surface area (Å²) in [5, 5.41) is 10.6. The molecule has 0 fully saturated rings. The van der Waals surface area contributed by atoms with Crippen LogP contribution in [0.2, 0.25) is 0 Å². The second-order valence-corrected chi connectivity index (χ2v) is 5.52. The summed E-state index contributed by atoms with van der Waals surface area (Å²) >= 11 is 3.37. The third kappa shape index (κ3) is 2.62. The number of aliphatic hydroxyl groups is 1. The zero-order valence-corrected chi connectivity index (χ0v) is 11.8. The lowest BCUT2D eigenvalue weighted by Crippen LogP contribution is -2.23. The zero-order chi connectivity index (χ0) is 13.3. The van der Waals surface area contributed by atoms with Gasteiger partial charge in [0, 0.05) is 4.47 Å². The van der Waals surface area contributed by atoms with Crippen LogP contribution in [0.4, 0.5) is 4.39 Å². The highest BCUT2D eigenvalue weighted by atomic mass is 79.9. The van der Waals surface area contributed by atoms with Gasteiger partial charge in [-0.3, -0.25) is 0 Å². The normalized spacial score (nSPS) is 14.3. The zero-order valence-electron chi connectivity index (χ0n) is 10.2. The summed E-state index contributed by atoms with van der Waals surface area (Å²) < 4.78 is 14.3. The van der Waals surface area contributed by atoms with Crippen molar-refractivity contribution in [2.24, 2.45) is 0 Å². The summed E-state index contributed by atoms with van der Waals surface area (Å²) in [4.78, 5) is 0. The number of hydrogen-bond acceptors (Lipinski definition) is 1. The first kappa shape index (κ1) is 13.2. The fourth-order valence-electron chi connectivity index (χ4n) is 1.98. The highest BCUT2D eigenvalue weighted by molar-refractivity contribution is 9.10. The van der Waals surface area contributed by atoms with Gasteiger partial charge in [0.25, 0.3) is 0 Å². The summed E-state index contributed by atoms with van der Waals surface area (Å²) in [6.07, 6.45) is 0. The summed E-state index contributed by atoms with van der Waals surface area (Å²) in [5.74, 6) is -0.333. The highest BCUT2D eigenvalue weighted by Crippen LogP contribution is 2.31. The van der Waals surface area contributed by atoms with Crippen molar-refractivity contribution in [2.45, 2.75) is 19.4 Å². The summed E-state index contributed by atoms with van der Waals surface area (Å²) in [6.45, 7) is 3.48. The first-order valence-corrected chi connectivity index (χ1v) is 6.45. The van der Waals surface area contributed by atoms with E-state index in [-0.39, 0.29) is 5.82 Å². The molecule has 3 heteroatoms. The van der Waals surface area contributed by atoms with Gasteiger partial charge in [0.05, 0.1) is 0 Å². The van der Waals surface area contributed by atoms with Gasteiger partial charge in [-0.05, 0) is 54.8 Å². The van der Waals surface area contributed by atoms with Gasteiger partial charge in [0.1, 0.15) is 11.4 Å². The fourth-order valence-corrected chi connectivity index (χ4v) is 2.37. The molecule has 0 saturated heterocycles. The van der Waals surface area contributed by atoms with E-state index in [1.807, 2.05) is 31.2 Å².